The number of nitrogens with zero attached hydrogens (tertiary/aromatic N) is 3. The van der Waals surface area contributed by atoms with E-state index in [0.717, 1.165) is 23.5 Å². The molecule has 0 saturated carbocycles. The summed E-state index contributed by atoms with van der Waals surface area (Å²) in [6.45, 7) is 7.67. The van der Waals surface area contributed by atoms with Crippen LogP contribution < -0.4 is 5.73 Å². The van der Waals surface area contributed by atoms with Gasteiger partial charge in [-0.3, -0.25) is 4.98 Å². The first-order chi connectivity index (χ1) is 8.59. The Kier molecular flexibility index (Phi) is 3.65. The number of pyridine rings is 1. The lowest BCUT2D eigenvalue weighted by Gasteiger charge is -2.18. The Morgan fingerprint density at radius 2 is 2.00 bits per heavy atom. The molecule has 0 amide bonds. The molecule has 0 spiro atoms. The predicted molar refractivity (Wildman–Crippen MR) is 73.9 cm³/mol. The van der Waals surface area contributed by atoms with Gasteiger partial charge in [-0.25, -0.2) is 4.98 Å². The van der Waals surface area contributed by atoms with E-state index < -0.39 is 0 Å². The highest BCUT2D eigenvalue weighted by molar-refractivity contribution is 5.72. The summed E-state index contributed by atoms with van der Waals surface area (Å²) >= 11 is 0. The minimum absolute atomic E-state index is 0.593. The van der Waals surface area contributed by atoms with Crippen LogP contribution in [0.25, 0.3) is 11.3 Å². The van der Waals surface area contributed by atoms with Gasteiger partial charge in [0.2, 0.25) is 0 Å². The number of imidazole rings is 1. The van der Waals surface area contributed by atoms with E-state index in [0.29, 0.717) is 11.8 Å². The van der Waals surface area contributed by atoms with Gasteiger partial charge < -0.3 is 10.3 Å². The van der Waals surface area contributed by atoms with E-state index in [2.05, 4.69) is 35.3 Å². The van der Waals surface area contributed by atoms with Gasteiger partial charge in [-0.1, -0.05) is 20.8 Å². The SMILES string of the molecule is CC(C)C(C)Cn1cncc1-c1cnccc1N. The zero-order valence-corrected chi connectivity index (χ0v) is 11.2. The Hall–Kier alpha value is -1.84. The Balaban J connectivity index is 2.31. The van der Waals surface area contributed by atoms with Gasteiger partial charge in [0.25, 0.3) is 0 Å². The minimum Gasteiger partial charge on any atom is -0.398 e. The molecule has 2 N–H and O–H groups in total. The number of nitrogen functional groups attached to an aromatic ring is 1. The van der Waals surface area contributed by atoms with E-state index in [4.69, 9.17) is 5.73 Å². The fraction of sp³-hybridized carbons (Fsp3) is 0.429. The molecule has 0 radical (unpaired) electrons. The Bertz CT molecular complexity index is 516. The van der Waals surface area contributed by atoms with Crippen molar-refractivity contribution in [3.05, 3.63) is 31.0 Å². The van der Waals surface area contributed by atoms with Crippen molar-refractivity contribution in [2.75, 3.05) is 5.73 Å². The molecular formula is C14H20N4. The van der Waals surface area contributed by atoms with Crippen LogP contribution in [-0.2, 0) is 6.54 Å². The van der Waals surface area contributed by atoms with Gasteiger partial charge in [0.1, 0.15) is 0 Å². The molecule has 18 heavy (non-hydrogen) atoms. The Morgan fingerprint density at radius 1 is 1.22 bits per heavy atom. The molecule has 0 aliphatic carbocycles. The number of hydrogen-bond acceptors (Lipinski definition) is 3. The van der Waals surface area contributed by atoms with Crippen LogP contribution in [-0.4, -0.2) is 14.5 Å². The highest BCUT2D eigenvalue weighted by Gasteiger charge is 2.13. The maximum atomic E-state index is 5.99. The lowest BCUT2D eigenvalue weighted by atomic mass is 9.98. The molecule has 0 aliphatic rings. The fourth-order valence-electron chi connectivity index (χ4n) is 1.83. The van der Waals surface area contributed by atoms with Gasteiger partial charge in [-0.15, -0.1) is 0 Å². The molecule has 1 atom stereocenters. The summed E-state index contributed by atoms with van der Waals surface area (Å²) in [7, 11) is 0. The molecule has 4 heteroatoms. The van der Waals surface area contributed by atoms with Crippen molar-refractivity contribution in [2.45, 2.75) is 27.3 Å². The van der Waals surface area contributed by atoms with Crippen LogP contribution in [0, 0.1) is 11.8 Å². The second-order valence-electron chi connectivity index (χ2n) is 5.12. The molecule has 0 fully saturated rings. The molecule has 2 heterocycles. The van der Waals surface area contributed by atoms with Crippen LogP contribution in [0.5, 0.6) is 0 Å². The summed E-state index contributed by atoms with van der Waals surface area (Å²) in [5.74, 6) is 1.24. The minimum atomic E-state index is 0.593. The molecule has 0 bridgehead atoms. The van der Waals surface area contributed by atoms with Crippen LogP contribution in [0.3, 0.4) is 0 Å². The average molecular weight is 244 g/mol. The number of rotatable bonds is 4. The molecule has 2 aromatic heterocycles. The number of hydrogen-bond donors (Lipinski definition) is 1. The molecule has 2 rings (SSSR count). The number of aromatic nitrogens is 3. The largest absolute Gasteiger partial charge is 0.398 e. The van der Waals surface area contributed by atoms with Crippen molar-refractivity contribution >= 4 is 5.69 Å². The maximum Gasteiger partial charge on any atom is 0.0951 e. The first kappa shape index (κ1) is 12.6. The third kappa shape index (κ3) is 2.53. The van der Waals surface area contributed by atoms with Crippen LogP contribution in [0.4, 0.5) is 5.69 Å². The molecule has 0 aromatic carbocycles. The third-order valence-electron chi connectivity index (χ3n) is 3.47. The standard InChI is InChI=1S/C14H20N4/c1-10(2)11(3)8-18-9-17-7-14(18)12-6-16-5-4-13(12)15/h4-7,9-11H,8H2,1-3H3,(H2,15,16). The van der Waals surface area contributed by atoms with E-state index in [1.54, 1.807) is 12.4 Å². The topological polar surface area (TPSA) is 56.7 Å². The van der Waals surface area contributed by atoms with E-state index in [-0.39, 0.29) is 0 Å². The monoisotopic (exact) mass is 244 g/mol. The van der Waals surface area contributed by atoms with Crippen molar-refractivity contribution < 1.29 is 0 Å². The smallest absolute Gasteiger partial charge is 0.0951 e. The normalized spacial score (nSPS) is 12.9. The van der Waals surface area contributed by atoms with E-state index in [1.807, 2.05) is 18.6 Å². The molecule has 4 nitrogen and oxygen atoms in total. The summed E-state index contributed by atoms with van der Waals surface area (Å²) in [5, 5.41) is 0. The van der Waals surface area contributed by atoms with Crippen molar-refractivity contribution in [1.29, 1.82) is 0 Å². The van der Waals surface area contributed by atoms with Gasteiger partial charge in [0.05, 0.1) is 18.2 Å². The summed E-state index contributed by atoms with van der Waals surface area (Å²) in [6, 6.07) is 1.82. The van der Waals surface area contributed by atoms with Crippen molar-refractivity contribution in [3.63, 3.8) is 0 Å². The number of anilines is 1. The zero-order valence-electron chi connectivity index (χ0n) is 11.2. The molecule has 0 saturated heterocycles. The van der Waals surface area contributed by atoms with Gasteiger partial charge >= 0.3 is 0 Å². The van der Waals surface area contributed by atoms with Crippen LogP contribution in [0.1, 0.15) is 20.8 Å². The second kappa shape index (κ2) is 5.21. The molecule has 96 valence electrons. The van der Waals surface area contributed by atoms with Crippen LogP contribution >= 0.6 is 0 Å². The lowest BCUT2D eigenvalue weighted by molar-refractivity contribution is 0.366. The van der Waals surface area contributed by atoms with E-state index >= 15 is 0 Å². The summed E-state index contributed by atoms with van der Waals surface area (Å²) < 4.78 is 2.15. The first-order valence-electron chi connectivity index (χ1n) is 6.29. The van der Waals surface area contributed by atoms with E-state index in [9.17, 15) is 0 Å². The molecule has 0 aliphatic heterocycles. The van der Waals surface area contributed by atoms with Crippen LogP contribution in [0.15, 0.2) is 31.0 Å². The Labute approximate surface area is 108 Å². The third-order valence-corrected chi connectivity index (χ3v) is 3.47. The highest BCUT2D eigenvalue weighted by Crippen LogP contribution is 2.25. The van der Waals surface area contributed by atoms with Crippen molar-refractivity contribution in [1.82, 2.24) is 14.5 Å². The highest BCUT2D eigenvalue weighted by atomic mass is 15.0. The Morgan fingerprint density at radius 3 is 2.67 bits per heavy atom. The summed E-state index contributed by atoms with van der Waals surface area (Å²) in [4.78, 5) is 8.37. The maximum absolute atomic E-state index is 5.99. The predicted octanol–water partition coefficient (Wildman–Crippen LogP) is 2.82. The molecule has 1 unspecified atom stereocenters. The van der Waals surface area contributed by atoms with Gasteiger partial charge in [-0.2, -0.15) is 0 Å². The molecular weight excluding hydrogens is 224 g/mol. The van der Waals surface area contributed by atoms with Crippen molar-refractivity contribution in [2.24, 2.45) is 11.8 Å². The van der Waals surface area contributed by atoms with Gasteiger partial charge in [0.15, 0.2) is 0 Å². The van der Waals surface area contributed by atoms with Gasteiger partial charge in [-0.05, 0) is 17.9 Å². The quantitative estimate of drug-likeness (QED) is 0.899. The lowest BCUT2D eigenvalue weighted by Crippen LogP contribution is -2.13. The first-order valence-corrected chi connectivity index (χ1v) is 6.29. The molecule has 2 aromatic rings. The average Bonchev–Trinajstić information content (AvgIpc) is 2.77. The van der Waals surface area contributed by atoms with E-state index in [1.165, 1.54) is 0 Å². The number of nitrogens with two attached hydrogens (primary N) is 1. The second-order valence-corrected chi connectivity index (χ2v) is 5.12. The van der Waals surface area contributed by atoms with Crippen molar-refractivity contribution in [3.8, 4) is 11.3 Å². The van der Waals surface area contributed by atoms with Gasteiger partial charge in [0, 0.05) is 30.2 Å². The fourth-order valence-corrected chi connectivity index (χ4v) is 1.83. The zero-order chi connectivity index (χ0) is 13.1. The summed E-state index contributed by atoms with van der Waals surface area (Å²) in [5.41, 5.74) is 8.72. The van der Waals surface area contributed by atoms with Crippen LogP contribution in [0.2, 0.25) is 0 Å². The summed E-state index contributed by atoms with van der Waals surface area (Å²) in [6.07, 6.45) is 7.21.